The Morgan fingerprint density at radius 3 is 2.43 bits per heavy atom. The molecule has 5 rings (SSSR count). The number of amides is 3. The molecule has 37 heavy (non-hydrogen) atoms. The topological polar surface area (TPSA) is 93.2 Å². The maximum Gasteiger partial charge on any atom is 0.338 e. The van der Waals surface area contributed by atoms with E-state index in [1.165, 1.54) is 25.1 Å². The number of hydrogen-bond donors (Lipinski definition) is 0. The molecule has 2 aliphatic rings. The number of carbonyl (C=O) groups is 4. The van der Waals surface area contributed by atoms with Gasteiger partial charge in [-0.05, 0) is 80.8 Å². The summed E-state index contributed by atoms with van der Waals surface area (Å²) in [6.45, 7) is 4.45. The predicted octanol–water partition coefficient (Wildman–Crippen LogP) is 4.41. The third-order valence-corrected chi connectivity index (χ3v) is 6.54. The quantitative estimate of drug-likeness (QED) is 0.369. The molecule has 0 spiro atoms. The van der Waals surface area contributed by atoms with E-state index in [4.69, 9.17) is 9.47 Å². The minimum Gasteiger partial charge on any atom is -0.494 e. The summed E-state index contributed by atoms with van der Waals surface area (Å²) in [5.41, 5.74) is 2.71. The lowest BCUT2D eigenvalue weighted by molar-refractivity contribution is -0.126. The van der Waals surface area contributed by atoms with Crippen LogP contribution in [0.4, 0.5) is 11.4 Å². The molecule has 0 aromatic heterocycles. The number of esters is 1. The number of fused-ring (bicyclic) bond motifs is 2. The first-order valence-electron chi connectivity index (χ1n) is 12.2. The van der Waals surface area contributed by atoms with Gasteiger partial charge in [-0.3, -0.25) is 14.4 Å². The standard InChI is InChI=1S/C29H26N2O6/c1-3-36-22-13-11-21(12-14-22)31-27(33)23-15-10-20(17-24(23)28(31)34)29(35)37-18(2)26(32)30-16-6-8-19-7-4-5-9-25(19)30/h4-5,7,9-15,17-18H,3,6,8,16H2,1-2H3. The number of hydrogen-bond acceptors (Lipinski definition) is 6. The second-order valence-corrected chi connectivity index (χ2v) is 8.90. The summed E-state index contributed by atoms with van der Waals surface area (Å²) in [6.07, 6.45) is 0.698. The van der Waals surface area contributed by atoms with Crippen LogP contribution in [0, 0.1) is 0 Å². The normalized spacial score (nSPS) is 15.2. The fraction of sp³-hybridized carbons (Fsp3) is 0.241. The highest BCUT2D eigenvalue weighted by atomic mass is 16.5. The lowest BCUT2D eigenvalue weighted by atomic mass is 10.0. The monoisotopic (exact) mass is 498 g/mol. The lowest BCUT2D eigenvalue weighted by Crippen LogP contribution is -2.42. The van der Waals surface area contributed by atoms with Crippen molar-refractivity contribution in [2.24, 2.45) is 0 Å². The molecule has 2 heterocycles. The Bertz CT molecular complexity index is 1400. The molecule has 0 saturated heterocycles. The van der Waals surface area contributed by atoms with E-state index in [1.54, 1.807) is 29.2 Å². The first-order chi connectivity index (χ1) is 17.9. The smallest absolute Gasteiger partial charge is 0.338 e. The summed E-state index contributed by atoms with van der Waals surface area (Å²) in [6, 6.07) is 18.5. The molecule has 1 atom stereocenters. The Kier molecular flexibility index (Phi) is 6.48. The van der Waals surface area contributed by atoms with Crippen molar-refractivity contribution >= 4 is 35.1 Å². The molecule has 3 aromatic carbocycles. The van der Waals surface area contributed by atoms with Crippen molar-refractivity contribution < 1.29 is 28.7 Å². The molecule has 0 bridgehead atoms. The molecule has 2 aliphatic heterocycles. The molecule has 0 aliphatic carbocycles. The summed E-state index contributed by atoms with van der Waals surface area (Å²) >= 11 is 0. The molecule has 8 heteroatoms. The van der Waals surface area contributed by atoms with Gasteiger partial charge >= 0.3 is 5.97 Å². The van der Waals surface area contributed by atoms with Gasteiger partial charge in [-0.1, -0.05) is 18.2 Å². The van der Waals surface area contributed by atoms with E-state index in [-0.39, 0.29) is 22.6 Å². The molecule has 1 unspecified atom stereocenters. The molecule has 8 nitrogen and oxygen atoms in total. The number of anilines is 2. The maximum absolute atomic E-state index is 13.1. The van der Waals surface area contributed by atoms with E-state index < -0.39 is 23.9 Å². The maximum atomic E-state index is 13.1. The van der Waals surface area contributed by atoms with Crippen LogP contribution in [0.1, 0.15) is 56.9 Å². The zero-order chi connectivity index (χ0) is 26.1. The fourth-order valence-electron chi connectivity index (χ4n) is 4.72. The van der Waals surface area contributed by atoms with Crippen LogP contribution in [0.2, 0.25) is 0 Å². The van der Waals surface area contributed by atoms with E-state index in [9.17, 15) is 19.2 Å². The van der Waals surface area contributed by atoms with Crippen molar-refractivity contribution in [3.63, 3.8) is 0 Å². The zero-order valence-corrected chi connectivity index (χ0v) is 20.6. The SMILES string of the molecule is CCOc1ccc(N2C(=O)c3ccc(C(=O)OC(C)C(=O)N4CCCc5ccccc54)cc3C2=O)cc1. The third kappa shape index (κ3) is 4.46. The van der Waals surface area contributed by atoms with E-state index in [1.807, 2.05) is 31.2 Å². The van der Waals surface area contributed by atoms with Crippen LogP contribution < -0.4 is 14.5 Å². The summed E-state index contributed by atoms with van der Waals surface area (Å²) in [7, 11) is 0. The molecule has 0 fully saturated rings. The molecular weight excluding hydrogens is 472 g/mol. The molecule has 3 aromatic rings. The van der Waals surface area contributed by atoms with Crippen LogP contribution in [0.15, 0.2) is 66.7 Å². The summed E-state index contributed by atoms with van der Waals surface area (Å²) in [4.78, 5) is 54.8. The van der Waals surface area contributed by atoms with Gasteiger partial charge in [0.25, 0.3) is 17.7 Å². The van der Waals surface area contributed by atoms with Crippen LogP contribution >= 0.6 is 0 Å². The Hall–Kier alpha value is -4.46. The number of carbonyl (C=O) groups excluding carboxylic acids is 4. The first kappa shape index (κ1) is 24.2. The van der Waals surface area contributed by atoms with Gasteiger partial charge in [0.1, 0.15) is 5.75 Å². The lowest BCUT2D eigenvalue weighted by Gasteiger charge is -2.31. The van der Waals surface area contributed by atoms with Crippen molar-refractivity contribution in [2.45, 2.75) is 32.8 Å². The van der Waals surface area contributed by atoms with E-state index in [0.29, 0.717) is 24.6 Å². The molecule has 0 radical (unpaired) electrons. The van der Waals surface area contributed by atoms with Gasteiger partial charge < -0.3 is 14.4 Å². The predicted molar refractivity (Wildman–Crippen MR) is 137 cm³/mol. The van der Waals surface area contributed by atoms with Crippen LogP contribution in [0.5, 0.6) is 5.75 Å². The number of ether oxygens (including phenoxy) is 2. The number of benzene rings is 3. The van der Waals surface area contributed by atoms with Crippen molar-refractivity contribution in [2.75, 3.05) is 23.0 Å². The number of rotatable bonds is 6. The third-order valence-electron chi connectivity index (χ3n) is 6.54. The van der Waals surface area contributed by atoms with E-state index in [0.717, 1.165) is 29.0 Å². The minimum atomic E-state index is -1.02. The average molecular weight is 499 g/mol. The van der Waals surface area contributed by atoms with Crippen LogP contribution in [-0.2, 0) is 16.0 Å². The van der Waals surface area contributed by atoms with Crippen LogP contribution in [0.3, 0.4) is 0 Å². The summed E-state index contributed by atoms with van der Waals surface area (Å²) in [5, 5.41) is 0. The van der Waals surface area contributed by atoms with E-state index in [2.05, 4.69) is 0 Å². The highest BCUT2D eigenvalue weighted by Crippen LogP contribution is 2.31. The zero-order valence-electron chi connectivity index (χ0n) is 20.6. The van der Waals surface area contributed by atoms with Gasteiger partial charge in [0.15, 0.2) is 6.10 Å². The van der Waals surface area contributed by atoms with Gasteiger partial charge in [-0.15, -0.1) is 0 Å². The van der Waals surface area contributed by atoms with Crippen molar-refractivity contribution in [3.05, 3.63) is 89.0 Å². The number of imide groups is 1. The average Bonchev–Trinajstić information content (AvgIpc) is 3.17. The van der Waals surface area contributed by atoms with Crippen molar-refractivity contribution in [1.82, 2.24) is 0 Å². The van der Waals surface area contributed by atoms with Gasteiger partial charge in [0.2, 0.25) is 0 Å². The largest absolute Gasteiger partial charge is 0.494 e. The molecular formula is C29H26N2O6. The highest BCUT2D eigenvalue weighted by molar-refractivity contribution is 6.34. The Balaban J connectivity index is 1.31. The molecule has 0 N–H and O–H groups in total. The molecule has 3 amide bonds. The van der Waals surface area contributed by atoms with Crippen molar-refractivity contribution in [1.29, 1.82) is 0 Å². The van der Waals surface area contributed by atoms with Crippen molar-refractivity contribution in [3.8, 4) is 5.75 Å². The van der Waals surface area contributed by atoms with Crippen LogP contribution in [0.25, 0.3) is 0 Å². The Morgan fingerprint density at radius 2 is 1.68 bits per heavy atom. The molecule has 188 valence electrons. The van der Waals surface area contributed by atoms with E-state index >= 15 is 0 Å². The number of aryl methyl sites for hydroxylation is 1. The number of para-hydroxylation sites is 1. The number of nitrogens with zero attached hydrogens (tertiary/aromatic N) is 2. The minimum absolute atomic E-state index is 0.0899. The van der Waals surface area contributed by atoms with Gasteiger partial charge in [0.05, 0.1) is 29.0 Å². The Labute approximate surface area is 214 Å². The first-order valence-corrected chi connectivity index (χ1v) is 12.2. The van der Waals surface area contributed by atoms with Gasteiger partial charge in [-0.2, -0.15) is 0 Å². The molecule has 0 saturated carbocycles. The Morgan fingerprint density at radius 1 is 0.946 bits per heavy atom. The fourth-order valence-corrected chi connectivity index (χ4v) is 4.72. The van der Waals surface area contributed by atoms with Gasteiger partial charge in [0, 0.05) is 12.2 Å². The summed E-state index contributed by atoms with van der Waals surface area (Å²) in [5.74, 6) is -1.43. The van der Waals surface area contributed by atoms with Gasteiger partial charge in [-0.25, -0.2) is 9.69 Å². The highest BCUT2D eigenvalue weighted by Gasteiger charge is 2.37. The summed E-state index contributed by atoms with van der Waals surface area (Å²) < 4.78 is 10.9. The second kappa shape index (κ2) is 9.89. The second-order valence-electron chi connectivity index (χ2n) is 8.90. The van der Waals surface area contributed by atoms with Crippen LogP contribution in [-0.4, -0.2) is 42.9 Å².